The van der Waals surface area contributed by atoms with E-state index < -0.39 is 0 Å². The molecule has 0 aliphatic heterocycles. The number of nitrogens with two attached hydrogens (primary N) is 1. The van der Waals surface area contributed by atoms with Crippen molar-refractivity contribution in [1.82, 2.24) is 15.2 Å². The number of anilines is 1. The van der Waals surface area contributed by atoms with Crippen molar-refractivity contribution in [2.45, 2.75) is 0 Å². The second kappa shape index (κ2) is 3.30. The highest BCUT2D eigenvalue weighted by molar-refractivity contribution is 9.10. The number of halogens is 1. The summed E-state index contributed by atoms with van der Waals surface area (Å²) in [6, 6.07) is 5.32. The van der Waals surface area contributed by atoms with Crippen LogP contribution in [0.2, 0.25) is 0 Å². The van der Waals surface area contributed by atoms with Crippen LogP contribution in [0.25, 0.3) is 11.4 Å². The molecular weight excluding hydrogens is 248 g/mol. The van der Waals surface area contributed by atoms with Crippen LogP contribution in [0.3, 0.4) is 0 Å². The summed E-state index contributed by atoms with van der Waals surface area (Å²) < 4.78 is 0.777. The summed E-state index contributed by atoms with van der Waals surface area (Å²) in [7, 11) is 0. The van der Waals surface area contributed by atoms with E-state index in [2.05, 4.69) is 31.1 Å². The Morgan fingerprint density at radius 1 is 1.43 bits per heavy atom. The number of nitrogens with zero attached hydrogens (tertiary/aromatic N) is 1. The second-order valence-corrected chi connectivity index (χ2v) is 3.62. The van der Waals surface area contributed by atoms with Gasteiger partial charge in [-0.1, -0.05) is 0 Å². The minimum absolute atomic E-state index is 0.326. The predicted molar refractivity (Wildman–Crippen MR) is 56.8 cm³/mol. The van der Waals surface area contributed by atoms with Crippen molar-refractivity contribution in [3.63, 3.8) is 0 Å². The molecule has 14 heavy (non-hydrogen) atoms. The SMILES string of the molecule is Nc1ccc(-c2n[nH]c(=O)[nH]2)cc1Br. The number of aromatic amines is 2. The Bertz CT molecular complexity index is 516. The lowest BCUT2D eigenvalue weighted by molar-refractivity contribution is 1.05. The van der Waals surface area contributed by atoms with Crippen LogP contribution < -0.4 is 11.4 Å². The van der Waals surface area contributed by atoms with Crippen LogP contribution >= 0.6 is 15.9 Å². The number of benzene rings is 1. The molecule has 72 valence electrons. The van der Waals surface area contributed by atoms with Crippen molar-refractivity contribution in [1.29, 1.82) is 0 Å². The Labute approximate surface area is 87.5 Å². The molecule has 0 radical (unpaired) electrons. The third-order valence-electron chi connectivity index (χ3n) is 1.78. The summed E-state index contributed by atoms with van der Waals surface area (Å²) in [6.07, 6.45) is 0. The third kappa shape index (κ3) is 1.56. The van der Waals surface area contributed by atoms with Crippen LogP contribution in [0.4, 0.5) is 5.69 Å². The van der Waals surface area contributed by atoms with E-state index in [0.29, 0.717) is 11.5 Å². The molecule has 2 rings (SSSR count). The molecule has 0 bridgehead atoms. The Hall–Kier alpha value is -1.56. The first kappa shape index (κ1) is 9.01. The molecular formula is C8H7BrN4O. The molecule has 5 nitrogen and oxygen atoms in total. The first-order chi connectivity index (χ1) is 6.66. The maximum Gasteiger partial charge on any atom is 0.340 e. The highest BCUT2D eigenvalue weighted by atomic mass is 79.9. The number of hydrogen-bond donors (Lipinski definition) is 3. The molecule has 0 aliphatic rings. The molecule has 1 aromatic heterocycles. The molecule has 0 spiro atoms. The summed E-state index contributed by atoms with van der Waals surface area (Å²) in [4.78, 5) is 13.4. The van der Waals surface area contributed by atoms with Gasteiger partial charge in [-0.2, -0.15) is 5.10 Å². The van der Waals surface area contributed by atoms with Gasteiger partial charge in [0.05, 0.1) is 0 Å². The topological polar surface area (TPSA) is 87.6 Å². The van der Waals surface area contributed by atoms with Gasteiger partial charge in [-0.3, -0.25) is 4.98 Å². The molecule has 0 fully saturated rings. The fourth-order valence-corrected chi connectivity index (χ4v) is 1.46. The molecule has 1 heterocycles. The van der Waals surface area contributed by atoms with Crippen molar-refractivity contribution < 1.29 is 0 Å². The number of nitrogens with one attached hydrogen (secondary N) is 2. The lowest BCUT2D eigenvalue weighted by Crippen LogP contribution is -2.00. The zero-order valence-electron chi connectivity index (χ0n) is 7.04. The highest BCUT2D eigenvalue weighted by Gasteiger charge is 2.03. The van der Waals surface area contributed by atoms with Gasteiger partial charge in [-0.25, -0.2) is 9.89 Å². The molecule has 0 atom stereocenters. The minimum Gasteiger partial charge on any atom is -0.398 e. The number of H-pyrrole nitrogens is 2. The van der Waals surface area contributed by atoms with Crippen molar-refractivity contribution >= 4 is 21.6 Å². The van der Waals surface area contributed by atoms with Gasteiger partial charge in [0.2, 0.25) is 0 Å². The first-order valence-electron chi connectivity index (χ1n) is 3.87. The van der Waals surface area contributed by atoms with Gasteiger partial charge in [-0.15, -0.1) is 0 Å². The van der Waals surface area contributed by atoms with Gasteiger partial charge in [0, 0.05) is 15.7 Å². The summed E-state index contributed by atoms with van der Waals surface area (Å²) in [5.74, 6) is 0.496. The standard InChI is InChI=1S/C8H7BrN4O/c9-5-3-4(1-2-6(5)10)7-11-8(14)13-12-7/h1-3H,10H2,(H2,11,12,13,14). The molecule has 6 heteroatoms. The smallest absolute Gasteiger partial charge is 0.340 e. The number of aromatic nitrogens is 3. The Kier molecular flexibility index (Phi) is 2.12. The first-order valence-corrected chi connectivity index (χ1v) is 4.66. The summed E-state index contributed by atoms with van der Waals surface area (Å²) >= 11 is 3.30. The van der Waals surface area contributed by atoms with Crippen LogP contribution in [-0.4, -0.2) is 15.2 Å². The molecule has 0 saturated carbocycles. The fourth-order valence-electron chi connectivity index (χ4n) is 1.08. The molecule has 0 amide bonds. The van der Waals surface area contributed by atoms with E-state index in [1.54, 1.807) is 18.2 Å². The van der Waals surface area contributed by atoms with Crippen LogP contribution in [0.15, 0.2) is 27.5 Å². The van der Waals surface area contributed by atoms with Gasteiger partial charge in [0.25, 0.3) is 0 Å². The largest absolute Gasteiger partial charge is 0.398 e. The van der Waals surface area contributed by atoms with E-state index in [-0.39, 0.29) is 5.69 Å². The van der Waals surface area contributed by atoms with E-state index >= 15 is 0 Å². The van der Waals surface area contributed by atoms with Crippen molar-refractivity contribution in [3.05, 3.63) is 33.2 Å². The quantitative estimate of drug-likeness (QED) is 0.667. The summed E-state index contributed by atoms with van der Waals surface area (Å²) in [6.45, 7) is 0. The normalized spacial score (nSPS) is 10.4. The number of hydrogen-bond acceptors (Lipinski definition) is 3. The van der Waals surface area contributed by atoms with E-state index in [1.807, 2.05) is 0 Å². The van der Waals surface area contributed by atoms with Crippen LogP contribution in [0, 0.1) is 0 Å². The number of rotatable bonds is 1. The average molecular weight is 255 g/mol. The Morgan fingerprint density at radius 2 is 2.21 bits per heavy atom. The highest BCUT2D eigenvalue weighted by Crippen LogP contribution is 2.24. The lowest BCUT2D eigenvalue weighted by atomic mass is 10.2. The summed E-state index contributed by atoms with van der Waals surface area (Å²) in [5.41, 5.74) is 6.74. The van der Waals surface area contributed by atoms with Gasteiger partial charge in [0.15, 0.2) is 5.82 Å². The lowest BCUT2D eigenvalue weighted by Gasteiger charge is -1.99. The second-order valence-electron chi connectivity index (χ2n) is 2.76. The predicted octanol–water partition coefficient (Wildman–Crippen LogP) is 1.11. The van der Waals surface area contributed by atoms with Crippen LogP contribution in [0.5, 0.6) is 0 Å². The van der Waals surface area contributed by atoms with Crippen molar-refractivity contribution in [2.75, 3.05) is 5.73 Å². The monoisotopic (exact) mass is 254 g/mol. The maximum atomic E-state index is 10.8. The Balaban J connectivity index is 2.52. The minimum atomic E-state index is -0.326. The zero-order chi connectivity index (χ0) is 10.1. The number of nitrogen functional groups attached to an aromatic ring is 1. The molecule has 0 saturated heterocycles. The van der Waals surface area contributed by atoms with Gasteiger partial charge in [0.1, 0.15) is 0 Å². The fraction of sp³-hybridized carbons (Fsp3) is 0. The maximum absolute atomic E-state index is 10.8. The van der Waals surface area contributed by atoms with Crippen LogP contribution in [0.1, 0.15) is 0 Å². The van der Waals surface area contributed by atoms with Gasteiger partial charge < -0.3 is 5.73 Å². The van der Waals surface area contributed by atoms with Gasteiger partial charge in [-0.05, 0) is 34.1 Å². The van der Waals surface area contributed by atoms with E-state index in [1.165, 1.54) is 0 Å². The van der Waals surface area contributed by atoms with Crippen molar-refractivity contribution in [2.24, 2.45) is 0 Å². The molecule has 1 aromatic carbocycles. The van der Waals surface area contributed by atoms with E-state index in [9.17, 15) is 4.79 Å². The third-order valence-corrected chi connectivity index (χ3v) is 2.46. The van der Waals surface area contributed by atoms with Crippen LogP contribution in [-0.2, 0) is 0 Å². The van der Waals surface area contributed by atoms with Gasteiger partial charge >= 0.3 is 5.69 Å². The molecule has 0 unspecified atom stereocenters. The van der Waals surface area contributed by atoms with E-state index in [0.717, 1.165) is 10.0 Å². The van der Waals surface area contributed by atoms with Crippen molar-refractivity contribution in [3.8, 4) is 11.4 Å². The van der Waals surface area contributed by atoms with E-state index in [4.69, 9.17) is 5.73 Å². The molecule has 0 aliphatic carbocycles. The Morgan fingerprint density at radius 3 is 2.79 bits per heavy atom. The summed E-state index contributed by atoms with van der Waals surface area (Å²) in [5, 5.41) is 6.10. The average Bonchev–Trinajstić information content (AvgIpc) is 2.57. The molecule has 4 N–H and O–H groups in total. The zero-order valence-corrected chi connectivity index (χ0v) is 8.63. The molecule has 2 aromatic rings.